The number of rotatable bonds is 5. The molecule has 0 aliphatic heterocycles. The molecule has 3 rings (SSSR count). The molecule has 1 aliphatic carbocycles. The summed E-state index contributed by atoms with van der Waals surface area (Å²) in [6.07, 6.45) is 6.37. The maximum atomic E-state index is 12.1. The van der Waals surface area contributed by atoms with Gasteiger partial charge in [0.15, 0.2) is 0 Å². The van der Waals surface area contributed by atoms with Crippen molar-refractivity contribution in [3.8, 4) is 0 Å². The van der Waals surface area contributed by atoms with Gasteiger partial charge in [-0.3, -0.25) is 10.0 Å². The van der Waals surface area contributed by atoms with Crippen molar-refractivity contribution < 1.29 is 10.0 Å². The van der Waals surface area contributed by atoms with Crippen molar-refractivity contribution >= 4 is 11.6 Å². The van der Waals surface area contributed by atoms with Crippen LogP contribution >= 0.6 is 0 Å². The van der Waals surface area contributed by atoms with Crippen LogP contribution < -0.4 is 10.8 Å². The average molecular weight is 324 g/mol. The van der Waals surface area contributed by atoms with Gasteiger partial charge in [-0.2, -0.15) is 0 Å². The lowest BCUT2D eigenvalue weighted by molar-refractivity contribution is -0.129. The van der Waals surface area contributed by atoms with Crippen molar-refractivity contribution in [2.45, 2.75) is 44.1 Å². The van der Waals surface area contributed by atoms with Crippen LogP contribution in [0.25, 0.3) is 0 Å². The van der Waals surface area contributed by atoms with Crippen LogP contribution in [0.4, 0.5) is 5.69 Å². The molecule has 1 fully saturated rings. The van der Waals surface area contributed by atoms with E-state index in [1.165, 1.54) is 32.1 Å². The molecule has 1 aliphatic rings. The molecule has 1 saturated carbocycles. The number of hydrogen-bond acceptors (Lipinski definition) is 3. The van der Waals surface area contributed by atoms with E-state index in [1.54, 1.807) is 5.48 Å². The molecule has 0 saturated heterocycles. The summed E-state index contributed by atoms with van der Waals surface area (Å²) >= 11 is 0. The van der Waals surface area contributed by atoms with E-state index < -0.39 is 11.8 Å². The smallest absolute Gasteiger partial charge is 0.255 e. The Morgan fingerprint density at radius 2 is 1.54 bits per heavy atom. The lowest BCUT2D eigenvalue weighted by Gasteiger charge is -2.24. The van der Waals surface area contributed by atoms with Crippen LogP contribution in [-0.2, 0) is 4.79 Å². The van der Waals surface area contributed by atoms with Gasteiger partial charge in [-0.05, 0) is 36.1 Å². The minimum atomic E-state index is -0.514. The Labute approximate surface area is 142 Å². The van der Waals surface area contributed by atoms with Crippen LogP contribution in [0.1, 0.15) is 49.1 Å². The molecule has 4 heteroatoms. The van der Waals surface area contributed by atoms with Crippen LogP contribution in [0.2, 0.25) is 0 Å². The Morgan fingerprint density at radius 1 is 0.917 bits per heavy atom. The van der Waals surface area contributed by atoms with Gasteiger partial charge >= 0.3 is 0 Å². The minimum Gasteiger partial charge on any atom is -0.382 e. The van der Waals surface area contributed by atoms with Gasteiger partial charge in [0.25, 0.3) is 5.91 Å². The predicted molar refractivity (Wildman–Crippen MR) is 95.2 cm³/mol. The first-order valence-corrected chi connectivity index (χ1v) is 8.63. The van der Waals surface area contributed by atoms with E-state index >= 15 is 0 Å². The molecule has 4 nitrogen and oxygen atoms in total. The van der Waals surface area contributed by atoms with Crippen LogP contribution in [0.5, 0.6) is 0 Å². The Kier molecular flexibility index (Phi) is 5.49. The number of hydroxylamine groups is 1. The second-order valence-electron chi connectivity index (χ2n) is 6.42. The monoisotopic (exact) mass is 324 g/mol. The Balaban J connectivity index is 1.77. The van der Waals surface area contributed by atoms with Gasteiger partial charge in [-0.15, -0.1) is 0 Å². The van der Waals surface area contributed by atoms with Crippen molar-refractivity contribution in [2.24, 2.45) is 0 Å². The number of anilines is 1. The fourth-order valence-corrected chi connectivity index (χ4v) is 3.46. The van der Waals surface area contributed by atoms with Gasteiger partial charge in [0.2, 0.25) is 0 Å². The lowest BCUT2D eigenvalue weighted by atomic mass is 9.90. The highest BCUT2D eigenvalue weighted by molar-refractivity contribution is 5.86. The van der Waals surface area contributed by atoms with Gasteiger partial charge in [0.1, 0.15) is 0 Å². The average Bonchev–Trinajstić information content (AvgIpc) is 2.65. The van der Waals surface area contributed by atoms with Gasteiger partial charge < -0.3 is 5.32 Å². The highest BCUT2D eigenvalue weighted by atomic mass is 16.5. The van der Waals surface area contributed by atoms with E-state index in [9.17, 15) is 4.79 Å². The highest BCUT2D eigenvalue weighted by Crippen LogP contribution is 2.27. The molecule has 1 atom stereocenters. The van der Waals surface area contributed by atoms with Crippen molar-refractivity contribution in [3.63, 3.8) is 0 Å². The molecule has 1 unspecified atom stereocenters. The number of benzene rings is 2. The molecule has 2 aromatic rings. The van der Waals surface area contributed by atoms with Crippen molar-refractivity contribution in [1.29, 1.82) is 0 Å². The van der Waals surface area contributed by atoms with Crippen LogP contribution in [0.3, 0.4) is 0 Å². The van der Waals surface area contributed by atoms with Gasteiger partial charge in [-0.25, -0.2) is 5.48 Å². The molecule has 24 heavy (non-hydrogen) atoms. The minimum absolute atomic E-state index is 0.422. The first-order chi connectivity index (χ1) is 11.8. The third kappa shape index (κ3) is 3.95. The van der Waals surface area contributed by atoms with E-state index in [0.29, 0.717) is 6.04 Å². The zero-order valence-electron chi connectivity index (χ0n) is 13.7. The van der Waals surface area contributed by atoms with E-state index in [1.807, 2.05) is 54.6 Å². The normalized spacial score (nSPS) is 16.4. The first-order valence-electron chi connectivity index (χ1n) is 8.63. The fourth-order valence-electron chi connectivity index (χ4n) is 3.46. The van der Waals surface area contributed by atoms with Gasteiger partial charge in [0, 0.05) is 11.7 Å². The molecular weight excluding hydrogens is 300 g/mol. The summed E-state index contributed by atoms with van der Waals surface area (Å²) in [6.45, 7) is 0. The molecule has 1 amide bonds. The van der Waals surface area contributed by atoms with Gasteiger partial charge in [-0.1, -0.05) is 61.7 Å². The number of amides is 1. The number of hydrogen-bond donors (Lipinski definition) is 3. The van der Waals surface area contributed by atoms with Crippen LogP contribution in [0.15, 0.2) is 54.6 Å². The summed E-state index contributed by atoms with van der Waals surface area (Å²) in [4.78, 5) is 12.1. The summed E-state index contributed by atoms with van der Waals surface area (Å²) in [5, 5.41) is 12.7. The Morgan fingerprint density at radius 3 is 2.17 bits per heavy atom. The number of carbonyl (C=O) groups is 1. The largest absolute Gasteiger partial charge is 0.382 e. The molecule has 0 bridgehead atoms. The summed E-state index contributed by atoms with van der Waals surface area (Å²) in [5.74, 6) is -0.936. The van der Waals surface area contributed by atoms with E-state index in [4.69, 9.17) is 5.21 Å². The van der Waals surface area contributed by atoms with E-state index in [-0.39, 0.29) is 0 Å². The van der Waals surface area contributed by atoms with Crippen molar-refractivity contribution in [2.75, 3.05) is 5.32 Å². The third-order valence-corrected chi connectivity index (χ3v) is 4.73. The Bertz CT molecular complexity index is 649. The predicted octanol–water partition coefficient (Wildman–Crippen LogP) is 4.07. The molecule has 0 spiro atoms. The molecule has 126 valence electrons. The number of carbonyl (C=O) groups excluding carboxylic acids is 1. The Hall–Kier alpha value is -2.33. The molecule has 3 N–H and O–H groups in total. The fraction of sp³-hybridized carbons (Fsp3) is 0.350. The second kappa shape index (κ2) is 7.97. The molecular formula is C20H24N2O2. The van der Waals surface area contributed by atoms with E-state index in [2.05, 4.69) is 5.32 Å². The maximum Gasteiger partial charge on any atom is 0.255 e. The molecule has 0 aromatic heterocycles. The lowest BCUT2D eigenvalue weighted by Crippen LogP contribution is -2.27. The third-order valence-electron chi connectivity index (χ3n) is 4.73. The number of nitrogens with one attached hydrogen (secondary N) is 2. The standard InChI is InChI=1S/C20H24N2O2/c23-20(22-24)19(15-7-3-1-4-8-15)16-11-13-18(14-12-16)21-17-9-5-2-6-10-17/h1,3-4,7-8,11-14,17,19,21,24H,2,5-6,9-10H2,(H,22,23). The quantitative estimate of drug-likeness (QED) is 0.574. The molecule has 0 heterocycles. The molecule has 0 radical (unpaired) electrons. The second-order valence-corrected chi connectivity index (χ2v) is 6.42. The summed E-state index contributed by atoms with van der Waals surface area (Å²) < 4.78 is 0. The molecule has 2 aromatic carbocycles. The van der Waals surface area contributed by atoms with Crippen LogP contribution in [0, 0.1) is 0 Å². The summed E-state index contributed by atoms with van der Waals surface area (Å²) in [6, 6.07) is 18.0. The summed E-state index contributed by atoms with van der Waals surface area (Å²) in [5.41, 5.74) is 4.59. The first kappa shape index (κ1) is 16.5. The zero-order valence-corrected chi connectivity index (χ0v) is 13.7. The van der Waals surface area contributed by atoms with Crippen molar-refractivity contribution in [3.05, 3.63) is 65.7 Å². The van der Waals surface area contributed by atoms with Crippen LogP contribution in [-0.4, -0.2) is 17.2 Å². The van der Waals surface area contributed by atoms with Gasteiger partial charge in [0.05, 0.1) is 5.92 Å². The highest BCUT2D eigenvalue weighted by Gasteiger charge is 2.22. The maximum absolute atomic E-state index is 12.1. The van der Waals surface area contributed by atoms with E-state index in [0.717, 1.165) is 16.8 Å². The SMILES string of the molecule is O=C(NO)C(c1ccccc1)c1ccc(NC2CCCCC2)cc1. The zero-order chi connectivity index (χ0) is 16.8. The van der Waals surface area contributed by atoms with Crippen molar-refractivity contribution in [1.82, 2.24) is 5.48 Å². The summed E-state index contributed by atoms with van der Waals surface area (Å²) in [7, 11) is 0. The topological polar surface area (TPSA) is 61.4 Å².